The molecule has 3 rings (SSSR count). The summed E-state index contributed by atoms with van der Waals surface area (Å²) in [7, 11) is 0. The third kappa shape index (κ3) is 1.25. The van der Waals surface area contributed by atoms with Crippen LogP contribution in [0.3, 0.4) is 0 Å². The second-order valence-electron chi connectivity index (χ2n) is 3.67. The molecule has 0 N–H and O–H groups in total. The van der Waals surface area contributed by atoms with Gasteiger partial charge in [0, 0.05) is 0 Å². The van der Waals surface area contributed by atoms with Crippen LogP contribution < -0.4 is 0 Å². The van der Waals surface area contributed by atoms with E-state index in [0.29, 0.717) is 0 Å². The van der Waals surface area contributed by atoms with Crippen LogP contribution in [0.4, 0.5) is 0 Å². The fraction of sp³-hybridized carbons (Fsp3) is 0.0769. The maximum absolute atomic E-state index is 3.76. The second-order valence-corrected chi connectivity index (χ2v) is 7.11. The van der Waals surface area contributed by atoms with Crippen LogP contribution in [-0.4, -0.2) is 0 Å². The van der Waals surface area contributed by atoms with E-state index in [9.17, 15) is 0 Å². The first kappa shape index (κ1) is 9.61. The zero-order chi connectivity index (χ0) is 10.5. The van der Waals surface area contributed by atoms with E-state index in [0.717, 1.165) is 0 Å². The van der Waals surface area contributed by atoms with Crippen LogP contribution in [0.1, 0.15) is 11.1 Å². The first-order valence-corrected chi connectivity index (χ1v) is 6.37. The van der Waals surface area contributed by atoms with E-state index in [2.05, 4.69) is 80.4 Å². The van der Waals surface area contributed by atoms with Gasteiger partial charge in [0.2, 0.25) is 0 Å². The lowest BCUT2D eigenvalue weighted by Crippen LogP contribution is -2.05. The predicted octanol–water partition coefficient (Wildman–Crippen LogP) is 4.66. The number of halogens is 2. The quantitative estimate of drug-likeness (QED) is 0.619. The molecule has 2 aromatic carbocycles. The smallest absolute Gasteiger partial charge is 0.0620 e. The van der Waals surface area contributed by atoms with E-state index in [1.165, 1.54) is 22.3 Å². The Morgan fingerprint density at radius 3 is 1.53 bits per heavy atom. The number of fused-ring (bicyclic) bond motifs is 3. The highest BCUT2D eigenvalue weighted by Crippen LogP contribution is 2.56. The van der Waals surface area contributed by atoms with Crippen LogP contribution in [0, 0.1) is 0 Å². The van der Waals surface area contributed by atoms with E-state index < -0.39 is 0 Å². The van der Waals surface area contributed by atoms with Crippen LogP contribution in [-0.2, 0) is 3.23 Å². The summed E-state index contributed by atoms with van der Waals surface area (Å²) in [6.45, 7) is 0. The number of hydrogen-bond donors (Lipinski definition) is 0. The first-order valence-electron chi connectivity index (χ1n) is 4.78. The molecule has 0 atom stereocenters. The summed E-state index contributed by atoms with van der Waals surface area (Å²) in [6.07, 6.45) is 0. The molecular weight excluding hydrogens is 316 g/mol. The van der Waals surface area contributed by atoms with Crippen molar-refractivity contribution in [3.05, 3.63) is 59.7 Å². The van der Waals surface area contributed by atoms with Crippen LogP contribution in [0.25, 0.3) is 11.1 Å². The predicted molar refractivity (Wildman–Crippen MR) is 70.5 cm³/mol. The van der Waals surface area contributed by atoms with Gasteiger partial charge in [0.1, 0.15) is 3.23 Å². The molecule has 2 aromatic rings. The number of hydrogen-bond acceptors (Lipinski definition) is 0. The van der Waals surface area contributed by atoms with E-state index in [1.807, 2.05) is 0 Å². The van der Waals surface area contributed by atoms with Crippen molar-refractivity contribution in [3.8, 4) is 11.1 Å². The highest BCUT2D eigenvalue weighted by atomic mass is 79.9. The van der Waals surface area contributed by atoms with E-state index in [4.69, 9.17) is 0 Å². The lowest BCUT2D eigenvalue weighted by atomic mass is 10.1. The monoisotopic (exact) mass is 322 g/mol. The molecule has 0 spiro atoms. The number of benzene rings is 2. The Bertz CT molecular complexity index is 482. The summed E-state index contributed by atoms with van der Waals surface area (Å²) in [5, 5.41) is 0. The zero-order valence-corrected chi connectivity index (χ0v) is 11.0. The van der Waals surface area contributed by atoms with Gasteiger partial charge in [-0.2, -0.15) is 0 Å². The molecule has 0 saturated heterocycles. The van der Waals surface area contributed by atoms with Crippen molar-refractivity contribution in [1.29, 1.82) is 0 Å². The molecule has 74 valence electrons. The van der Waals surface area contributed by atoms with Crippen LogP contribution in [0.15, 0.2) is 48.5 Å². The van der Waals surface area contributed by atoms with Gasteiger partial charge in [0.15, 0.2) is 0 Å². The minimum absolute atomic E-state index is 0.215. The molecule has 0 unspecified atom stereocenters. The molecule has 0 aromatic heterocycles. The fourth-order valence-electron chi connectivity index (χ4n) is 2.13. The molecule has 0 nitrogen and oxygen atoms in total. The molecule has 1 aliphatic rings. The standard InChI is InChI=1S/C13H8Br2/c14-13(15)11-7-3-1-5-9(11)10-6-2-4-8-12(10)13/h1-8H. The van der Waals surface area contributed by atoms with Gasteiger partial charge in [0.05, 0.1) is 0 Å². The van der Waals surface area contributed by atoms with Crippen molar-refractivity contribution in [2.24, 2.45) is 0 Å². The highest BCUT2D eigenvalue weighted by Gasteiger charge is 2.38. The summed E-state index contributed by atoms with van der Waals surface area (Å²) >= 11 is 7.51. The summed E-state index contributed by atoms with van der Waals surface area (Å²) in [5.74, 6) is 0. The zero-order valence-electron chi connectivity index (χ0n) is 7.87. The minimum Gasteiger partial charge on any atom is -0.0620 e. The molecule has 0 amide bonds. The van der Waals surface area contributed by atoms with Crippen molar-refractivity contribution in [2.45, 2.75) is 3.23 Å². The fourth-order valence-corrected chi connectivity index (χ4v) is 3.51. The Morgan fingerprint density at radius 2 is 1.07 bits per heavy atom. The largest absolute Gasteiger partial charge is 0.131 e. The van der Waals surface area contributed by atoms with Gasteiger partial charge in [-0.1, -0.05) is 80.4 Å². The van der Waals surface area contributed by atoms with E-state index >= 15 is 0 Å². The van der Waals surface area contributed by atoms with Gasteiger partial charge in [-0.05, 0) is 22.3 Å². The van der Waals surface area contributed by atoms with Crippen molar-refractivity contribution >= 4 is 31.9 Å². The summed E-state index contributed by atoms with van der Waals surface area (Å²) < 4.78 is -0.215. The average molecular weight is 324 g/mol. The highest BCUT2D eigenvalue weighted by molar-refractivity contribution is 9.25. The minimum atomic E-state index is -0.215. The normalized spacial score (nSPS) is 15.9. The Balaban J connectivity index is 2.42. The Hall–Kier alpha value is -0.600. The third-order valence-electron chi connectivity index (χ3n) is 2.82. The Morgan fingerprint density at radius 1 is 0.667 bits per heavy atom. The average Bonchev–Trinajstić information content (AvgIpc) is 2.51. The lowest BCUT2D eigenvalue weighted by Gasteiger charge is -2.16. The number of alkyl halides is 2. The molecule has 2 heteroatoms. The van der Waals surface area contributed by atoms with Crippen LogP contribution >= 0.6 is 31.9 Å². The number of rotatable bonds is 0. The lowest BCUT2D eigenvalue weighted by molar-refractivity contribution is 1.18. The first-order chi connectivity index (χ1) is 7.21. The molecular formula is C13H8Br2. The molecule has 0 fully saturated rings. The molecule has 0 heterocycles. The molecule has 0 aliphatic heterocycles. The van der Waals surface area contributed by atoms with Crippen molar-refractivity contribution in [1.82, 2.24) is 0 Å². The van der Waals surface area contributed by atoms with Gasteiger partial charge < -0.3 is 0 Å². The van der Waals surface area contributed by atoms with Gasteiger partial charge in [0.25, 0.3) is 0 Å². The second kappa shape index (κ2) is 3.19. The van der Waals surface area contributed by atoms with Crippen molar-refractivity contribution in [2.75, 3.05) is 0 Å². The van der Waals surface area contributed by atoms with Crippen molar-refractivity contribution in [3.63, 3.8) is 0 Å². The molecule has 15 heavy (non-hydrogen) atoms. The van der Waals surface area contributed by atoms with Crippen LogP contribution in [0.5, 0.6) is 0 Å². The third-order valence-corrected chi connectivity index (χ3v) is 4.53. The molecule has 0 saturated carbocycles. The van der Waals surface area contributed by atoms with Crippen molar-refractivity contribution < 1.29 is 0 Å². The van der Waals surface area contributed by atoms with Gasteiger partial charge >= 0.3 is 0 Å². The summed E-state index contributed by atoms with van der Waals surface area (Å²) in [5.41, 5.74) is 5.18. The maximum Gasteiger partial charge on any atom is 0.131 e. The van der Waals surface area contributed by atoms with E-state index in [-0.39, 0.29) is 3.23 Å². The van der Waals surface area contributed by atoms with Gasteiger partial charge in [-0.3, -0.25) is 0 Å². The summed E-state index contributed by atoms with van der Waals surface area (Å²) in [6, 6.07) is 16.9. The van der Waals surface area contributed by atoms with Crippen LogP contribution in [0.2, 0.25) is 0 Å². The maximum atomic E-state index is 3.76. The Kier molecular flexibility index (Phi) is 2.05. The van der Waals surface area contributed by atoms with Gasteiger partial charge in [-0.25, -0.2) is 0 Å². The molecule has 1 aliphatic carbocycles. The molecule has 0 bridgehead atoms. The van der Waals surface area contributed by atoms with Gasteiger partial charge in [-0.15, -0.1) is 0 Å². The topological polar surface area (TPSA) is 0 Å². The summed E-state index contributed by atoms with van der Waals surface area (Å²) in [4.78, 5) is 0. The molecule has 0 radical (unpaired) electrons. The SMILES string of the molecule is BrC1(Br)c2ccccc2-c2ccccc21. The Labute approximate surface area is 106 Å². The van der Waals surface area contributed by atoms with E-state index in [1.54, 1.807) is 0 Å².